The highest BCUT2D eigenvalue weighted by Crippen LogP contribution is 2.41. The summed E-state index contributed by atoms with van der Waals surface area (Å²) in [5, 5.41) is 10.8. The van der Waals surface area contributed by atoms with Crippen LogP contribution in [0.2, 0.25) is 0 Å². The van der Waals surface area contributed by atoms with Crippen molar-refractivity contribution < 1.29 is 17.7 Å². The van der Waals surface area contributed by atoms with Gasteiger partial charge in [-0.2, -0.15) is 4.98 Å². The van der Waals surface area contributed by atoms with Gasteiger partial charge in [0, 0.05) is 7.11 Å². The minimum absolute atomic E-state index is 0.0237. The van der Waals surface area contributed by atoms with Gasteiger partial charge in [0.1, 0.15) is 9.81 Å². The zero-order chi connectivity index (χ0) is 15.1. The average Bonchev–Trinajstić information content (AvgIpc) is 3.17. The molecule has 114 valence electrons. The van der Waals surface area contributed by atoms with E-state index in [0.717, 1.165) is 37.0 Å². The molecule has 1 fully saturated rings. The van der Waals surface area contributed by atoms with Crippen LogP contribution in [0.15, 0.2) is 20.2 Å². The minimum atomic E-state index is -3.81. The molecule has 1 aliphatic rings. The number of methoxy groups -OCH3 is 1. The van der Waals surface area contributed by atoms with Crippen LogP contribution < -0.4 is 5.14 Å². The van der Waals surface area contributed by atoms with Crippen molar-refractivity contribution in [2.45, 2.75) is 35.5 Å². The van der Waals surface area contributed by atoms with Crippen molar-refractivity contribution >= 4 is 21.4 Å². The van der Waals surface area contributed by atoms with Gasteiger partial charge in [0.15, 0.2) is 0 Å². The Morgan fingerprint density at radius 3 is 2.76 bits per heavy atom. The molecule has 1 aliphatic carbocycles. The monoisotopic (exact) mass is 329 g/mol. The zero-order valence-corrected chi connectivity index (χ0v) is 13.0. The van der Waals surface area contributed by atoms with Crippen LogP contribution in [-0.2, 0) is 20.4 Å². The quantitative estimate of drug-likeness (QED) is 0.917. The van der Waals surface area contributed by atoms with Crippen LogP contribution in [0.25, 0.3) is 11.5 Å². The maximum absolute atomic E-state index is 11.5. The van der Waals surface area contributed by atoms with E-state index in [0.29, 0.717) is 11.4 Å². The molecule has 0 aliphatic heterocycles. The van der Waals surface area contributed by atoms with E-state index in [2.05, 4.69) is 10.1 Å². The van der Waals surface area contributed by atoms with Gasteiger partial charge in [0.2, 0.25) is 15.8 Å². The van der Waals surface area contributed by atoms with Crippen LogP contribution in [0.5, 0.6) is 0 Å². The van der Waals surface area contributed by atoms with Gasteiger partial charge in [-0.15, -0.1) is 11.3 Å². The van der Waals surface area contributed by atoms with E-state index >= 15 is 0 Å². The van der Waals surface area contributed by atoms with Crippen LogP contribution in [0.3, 0.4) is 0 Å². The van der Waals surface area contributed by atoms with E-state index < -0.39 is 15.6 Å². The largest absolute Gasteiger partial charge is 0.370 e. The second-order valence-corrected chi connectivity index (χ2v) is 7.67. The Morgan fingerprint density at radius 2 is 2.14 bits per heavy atom. The molecule has 0 atom stereocenters. The molecule has 0 amide bonds. The average molecular weight is 329 g/mol. The van der Waals surface area contributed by atoms with Crippen LogP contribution >= 0.6 is 11.3 Å². The maximum atomic E-state index is 11.5. The van der Waals surface area contributed by atoms with E-state index in [1.165, 1.54) is 0 Å². The van der Waals surface area contributed by atoms with Crippen LogP contribution in [0.4, 0.5) is 0 Å². The summed E-state index contributed by atoms with van der Waals surface area (Å²) in [5.74, 6) is 0.614. The molecule has 0 unspecified atom stereocenters. The molecular weight excluding hydrogens is 314 g/mol. The van der Waals surface area contributed by atoms with Crippen LogP contribution in [-0.4, -0.2) is 25.7 Å². The topological polar surface area (TPSA) is 108 Å². The van der Waals surface area contributed by atoms with Gasteiger partial charge in [-0.3, -0.25) is 0 Å². The lowest BCUT2D eigenvalue weighted by molar-refractivity contribution is -0.0178. The highest BCUT2D eigenvalue weighted by molar-refractivity contribution is 7.91. The molecule has 1 saturated carbocycles. The summed E-state index contributed by atoms with van der Waals surface area (Å²) < 4.78 is 33.9. The van der Waals surface area contributed by atoms with Crippen molar-refractivity contribution in [2.24, 2.45) is 5.14 Å². The number of rotatable bonds is 4. The molecule has 21 heavy (non-hydrogen) atoms. The Bertz CT molecular complexity index is 744. The smallest absolute Gasteiger partial charge is 0.260 e. The fraction of sp³-hybridized carbons (Fsp3) is 0.500. The van der Waals surface area contributed by atoms with E-state index in [9.17, 15) is 8.42 Å². The van der Waals surface area contributed by atoms with Gasteiger partial charge in [-0.05, 0) is 37.1 Å². The number of hydrogen-bond acceptors (Lipinski definition) is 7. The minimum Gasteiger partial charge on any atom is -0.370 e. The van der Waals surface area contributed by atoms with E-state index in [-0.39, 0.29) is 10.1 Å². The first-order valence-corrected chi connectivity index (χ1v) is 8.89. The molecule has 3 rings (SSSR count). The Balaban J connectivity index is 2.02. The SMILES string of the molecule is COC1(c2noc(-c3ccsc3S(N)(=O)=O)n2)CCCC1. The normalized spacial score (nSPS) is 18.2. The molecule has 0 aromatic carbocycles. The lowest BCUT2D eigenvalue weighted by atomic mass is 10.0. The molecule has 0 saturated heterocycles. The Hall–Kier alpha value is -1.29. The lowest BCUT2D eigenvalue weighted by Crippen LogP contribution is -2.25. The van der Waals surface area contributed by atoms with Crippen molar-refractivity contribution in [3.05, 3.63) is 17.3 Å². The summed E-state index contributed by atoms with van der Waals surface area (Å²) in [6.45, 7) is 0. The Morgan fingerprint density at radius 1 is 1.43 bits per heavy atom. The number of aromatic nitrogens is 2. The number of thiophene rings is 1. The fourth-order valence-corrected chi connectivity index (χ4v) is 4.43. The fourth-order valence-electron chi connectivity index (χ4n) is 2.66. The Labute approximate surface area is 126 Å². The lowest BCUT2D eigenvalue weighted by Gasteiger charge is -2.22. The second-order valence-electron chi connectivity index (χ2n) is 5.00. The summed E-state index contributed by atoms with van der Waals surface area (Å²) in [4.78, 5) is 4.34. The van der Waals surface area contributed by atoms with Crippen LogP contribution in [0.1, 0.15) is 31.5 Å². The molecule has 0 radical (unpaired) electrons. The molecule has 7 nitrogen and oxygen atoms in total. The predicted molar refractivity (Wildman–Crippen MR) is 76.1 cm³/mol. The van der Waals surface area contributed by atoms with E-state index in [4.69, 9.17) is 14.4 Å². The molecule has 9 heteroatoms. The molecule has 0 bridgehead atoms. The molecule has 2 aromatic rings. The van der Waals surface area contributed by atoms with Gasteiger partial charge in [-0.25, -0.2) is 13.6 Å². The number of primary sulfonamides is 1. The summed E-state index contributed by atoms with van der Waals surface area (Å²) in [5.41, 5.74) is -0.190. The van der Waals surface area contributed by atoms with Crippen molar-refractivity contribution in [2.75, 3.05) is 7.11 Å². The number of hydrogen-bond donors (Lipinski definition) is 1. The van der Waals surface area contributed by atoms with Crippen molar-refractivity contribution in [1.29, 1.82) is 0 Å². The van der Waals surface area contributed by atoms with E-state index in [1.807, 2.05) is 0 Å². The third kappa shape index (κ3) is 2.50. The van der Waals surface area contributed by atoms with Crippen molar-refractivity contribution in [1.82, 2.24) is 10.1 Å². The van der Waals surface area contributed by atoms with Crippen LogP contribution in [0, 0.1) is 0 Å². The standard InChI is InChI=1S/C12H15N3O4S2/c1-18-12(5-2-3-6-12)11-14-9(19-15-11)8-4-7-20-10(8)21(13,16)17/h4,7H,2-3,5-6H2,1H3,(H2,13,16,17). The van der Waals surface area contributed by atoms with Crippen molar-refractivity contribution in [3.63, 3.8) is 0 Å². The first-order chi connectivity index (χ1) is 9.96. The highest BCUT2D eigenvalue weighted by Gasteiger charge is 2.40. The Kier molecular flexibility index (Phi) is 3.60. The molecule has 2 heterocycles. The number of sulfonamides is 1. The van der Waals surface area contributed by atoms with Gasteiger partial charge >= 0.3 is 0 Å². The van der Waals surface area contributed by atoms with E-state index in [1.54, 1.807) is 18.6 Å². The summed E-state index contributed by atoms with van der Waals surface area (Å²) in [7, 11) is -2.18. The number of nitrogens with zero attached hydrogens (tertiary/aromatic N) is 2. The molecular formula is C12H15N3O4S2. The molecule has 2 aromatic heterocycles. The van der Waals surface area contributed by atoms with Gasteiger partial charge in [0.05, 0.1) is 5.56 Å². The van der Waals surface area contributed by atoms with Gasteiger partial charge in [-0.1, -0.05) is 5.16 Å². The maximum Gasteiger partial charge on any atom is 0.260 e. The number of nitrogens with two attached hydrogens (primary N) is 1. The first kappa shape index (κ1) is 14.6. The first-order valence-electron chi connectivity index (χ1n) is 6.46. The second kappa shape index (κ2) is 5.16. The highest BCUT2D eigenvalue weighted by atomic mass is 32.2. The van der Waals surface area contributed by atoms with Gasteiger partial charge < -0.3 is 9.26 Å². The third-order valence-corrected chi connectivity index (χ3v) is 6.18. The third-order valence-electron chi connectivity index (χ3n) is 3.75. The molecule has 2 N–H and O–H groups in total. The predicted octanol–water partition coefficient (Wildman–Crippen LogP) is 1.86. The van der Waals surface area contributed by atoms with Gasteiger partial charge in [0.25, 0.3) is 5.89 Å². The molecule has 0 spiro atoms. The zero-order valence-electron chi connectivity index (χ0n) is 11.4. The van der Waals surface area contributed by atoms with Crippen molar-refractivity contribution in [3.8, 4) is 11.5 Å². The summed E-state index contributed by atoms with van der Waals surface area (Å²) >= 11 is 1.03. The summed E-state index contributed by atoms with van der Waals surface area (Å²) in [6, 6.07) is 1.61. The summed E-state index contributed by atoms with van der Waals surface area (Å²) in [6.07, 6.45) is 3.74. The number of ether oxygens (including phenoxy) is 1.